The molecular weight excluding hydrogens is 336 g/mol. The van der Waals surface area contributed by atoms with Gasteiger partial charge in [0.05, 0.1) is 22.9 Å². The number of carbonyl (C=O) groups excluding carboxylic acids is 1. The third-order valence-corrected chi connectivity index (χ3v) is 5.04. The number of carbonyl (C=O) groups is 1. The first kappa shape index (κ1) is 15.8. The molecule has 3 aromatic heterocycles. The largest absolute Gasteiger partial charge is 0.313 e. The zero-order chi connectivity index (χ0) is 18.2. The number of amides is 1. The molecule has 27 heavy (non-hydrogen) atoms. The van der Waals surface area contributed by atoms with E-state index in [-0.39, 0.29) is 5.91 Å². The van der Waals surface area contributed by atoms with E-state index >= 15 is 0 Å². The van der Waals surface area contributed by atoms with Crippen LogP contribution in [0.5, 0.6) is 0 Å². The van der Waals surface area contributed by atoms with Gasteiger partial charge in [-0.3, -0.25) is 14.8 Å². The van der Waals surface area contributed by atoms with Crippen molar-refractivity contribution in [2.75, 3.05) is 11.4 Å². The average Bonchev–Trinajstić information content (AvgIpc) is 3.34. The fourth-order valence-electron chi connectivity index (χ4n) is 3.66. The molecule has 5 nitrogen and oxygen atoms in total. The van der Waals surface area contributed by atoms with Crippen molar-refractivity contribution in [3.05, 3.63) is 73.3 Å². The van der Waals surface area contributed by atoms with Gasteiger partial charge in [0.25, 0.3) is 0 Å². The number of hydrogen-bond donors (Lipinski definition) is 0. The second kappa shape index (κ2) is 6.36. The van der Waals surface area contributed by atoms with Gasteiger partial charge < -0.3 is 9.47 Å². The molecule has 132 valence electrons. The van der Waals surface area contributed by atoms with E-state index in [1.165, 1.54) is 0 Å². The molecule has 0 spiro atoms. The predicted molar refractivity (Wildman–Crippen MR) is 106 cm³/mol. The Bertz CT molecular complexity index is 1130. The van der Waals surface area contributed by atoms with E-state index in [4.69, 9.17) is 0 Å². The highest BCUT2D eigenvalue weighted by Gasteiger charge is 2.21. The molecule has 1 aromatic carbocycles. The van der Waals surface area contributed by atoms with Crippen LogP contribution in [0, 0.1) is 0 Å². The van der Waals surface area contributed by atoms with E-state index < -0.39 is 0 Å². The molecule has 1 aliphatic rings. The molecule has 1 aliphatic heterocycles. The first-order valence-electron chi connectivity index (χ1n) is 9.08. The van der Waals surface area contributed by atoms with Crippen LogP contribution in [0.2, 0.25) is 0 Å². The minimum Gasteiger partial charge on any atom is -0.313 e. The van der Waals surface area contributed by atoms with Crippen LogP contribution in [-0.4, -0.2) is 27.0 Å². The van der Waals surface area contributed by atoms with Crippen LogP contribution in [0.15, 0.2) is 73.3 Å². The van der Waals surface area contributed by atoms with Crippen molar-refractivity contribution in [1.29, 1.82) is 0 Å². The summed E-state index contributed by atoms with van der Waals surface area (Å²) in [6.45, 7) is 0.809. The van der Waals surface area contributed by atoms with Gasteiger partial charge in [0, 0.05) is 42.8 Å². The third-order valence-electron chi connectivity index (χ3n) is 5.04. The minimum absolute atomic E-state index is 0.208. The Kier molecular flexibility index (Phi) is 3.71. The molecule has 1 saturated heterocycles. The number of nitrogens with zero attached hydrogens (tertiary/aromatic N) is 4. The summed E-state index contributed by atoms with van der Waals surface area (Å²) in [5.41, 5.74) is 6.09. The minimum atomic E-state index is 0.208. The molecule has 0 aliphatic carbocycles. The van der Waals surface area contributed by atoms with Crippen molar-refractivity contribution in [3.63, 3.8) is 0 Å². The summed E-state index contributed by atoms with van der Waals surface area (Å²) in [5, 5.41) is 0. The molecule has 0 radical (unpaired) electrons. The SMILES string of the molecule is O=C1CCCN1c1ccc(-c2cncc(-n3ccc4ncccc43)c2)cc1. The van der Waals surface area contributed by atoms with E-state index in [9.17, 15) is 4.79 Å². The Balaban J connectivity index is 1.49. The lowest BCUT2D eigenvalue weighted by atomic mass is 10.1. The van der Waals surface area contributed by atoms with Gasteiger partial charge in [-0.2, -0.15) is 0 Å². The first-order valence-corrected chi connectivity index (χ1v) is 9.08. The zero-order valence-corrected chi connectivity index (χ0v) is 14.7. The van der Waals surface area contributed by atoms with Crippen LogP contribution < -0.4 is 4.90 Å². The average molecular weight is 354 g/mol. The van der Waals surface area contributed by atoms with E-state index in [1.54, 1.807) is 6.20 Å². The second-order valence-electron chi connectivity index (χ2n) is 6.72. The summed E-state index contributed by atoms with van der Waals surface area (Å²) in [6.07, 6.45) is 9.12. The highest BCUT2D eigenvalue weighted by Crippen LogP contribution is 2.27. The van der Waals surface area contributed by atoms with Gasteiger partial charge in [0.2, 0.25) is 5.91 Å². The summed E-state index contributed by atoms with van der Waals surface area (Å²) in [7, 11) is 0. The molecule has 1 fully saturated rings. The topological polar surface area (TPSA) is 51.0 Å². The van der Waals surface area contributed by atoms with Gasteiger partial charge in [0.1, 0.15) is 0 Å². The summed E-state index contributed by atoms with van der Waals surface area (Å²) in [6, 6.07) is 16.2. The van der Waals surface area contributed by atoms with Gasteiger partial charge in [-0.25, -0.2) is 0 Å². The van der Waals surface area contributed by atoms with Crippen molar-refractivity contribution >= 4 is 22.6 Å². The highest BCUT2D eigenvalue weighted by atomic mass is 16.2. The molecule has 1 amide bonds. The first-order chi connectivity index (χ1) is 13.3. The van der Waals surface area contributed by atoms with Crippen LogP contribution in [0.25, 0.3) is 27.8 Å². The third kappa shape index (κ3) is 2.77. The van der Waals surface area contributed by atoms with Crippen molar-refractivity contribution in [2.24, 2.45) is 0 Å². The van der Waals surface area contributed by atoms with Gasteiger partial charge in [-0.05, 0) is 48.4 Å². The number of benzene rings is 1. The van der Waals surface area contributed by atoms with Crippen LogP contribution in [-0.2, 0) is 4.79 Å². The Labute approximate surface area is 156 Å². The Hall–Kier alpha value is -3.47. The van der Waals surface area contributed by atoms with Crippen LogP contribution >= 0.6 is 0 Å². The Morgan fingerprint density at radius 2 is 1.81 bits per heavy atom. The summed E-state index contributed by atoms with van der Waals surface area (Å²) >= 11 is 0. The molecule has 4 heterocycles. The van der Waals surface area contributed by atoms with E-state index in [1.807, 2.05) is 47.8 Å². The number of aromatic nitrogens is 3. The summed E-state index contributed by atoms with van der Waals surface area (Å²) < 4.78 is 2.09. The molecule has 0 atom stereocenters. The second-order valence-corrected chi connectivity index (χ2v) is 6.72. The van der Waals surface area contributed by atoms with E-state index in [0.29, 0.717) is 6.42 Å². The molecule has 0 bridgehead atoms. The molecule has 0 saturated carbocycles. The summed E-state index contributed by atoms with van der Waals surface area (Å²) in [5.74, 6) is 0.208. The normalized spacial score (nSPS) is 14.2. The molecule has 0 unspecified atom stereocenters. The highest BCUT2D eigenvalue weighted by molar-refractivity contribution is 5.95. The number of anilines is 1. The smallest absolute Gasteiger partial charge is 0.227 e. The maximum atomic E-state index is 11.9. The molecule has 5 heteroatoms. The number of hydrogen-bond acceptors (Lipinski definition) is 3. The van der Waals surface area contributed by atoms with Crippen LogP contribution in [0.1, 0.15) is 12.8 Å². The van der Waals surface area contributed by atoms with Gasteiger partial charge in [-0.1, -0.05) is 12.1 Å². The zero-order valence-electron chi connectivity index (χ0n) is 14.7. The van der Waals surface area contributed by atoms with Crippen molar-refractivity contribution in [3.8, 4) is 16.8 Å². The Morgan fingerprint density at radius 1 is 0.926 bits per heavy atom. The van der Waals surface area contributed by atoms with Gasteiger partial charge in [-0.15, -0.1) is 0 Å². The number of pyridine rings is 2. The molecular formula is C22H18N4O. The molecule has 4 aromatic rings. The molecule has 0 N–H and O–H groups in total. The predicted octanol–water partition coefficient (Wildman–Crippen LogP) is 4.21. The lowest BCUT2D eigenvalue weighted by Crippen LogP contribution is -2.23. The standard InChI is InChI=1S/C22H18N4O/c27-22-4-2-11-26(22)18-7-5-16(6-8-18)17-13-19(15-23-14-17)25-12-9-20-21(25)3-1-10-24-20/h1,3,5-10,12-15H,2,4,11H2. The quantitative estimate of drug-likeness (QED) is 0.554. The molecule has 5 rings (SSSR count). The van der Waals surface area contributed by atoms with E-state index in [0.717, 1.165) is 46.5 Å². The number of rotatable bonds is 3. The fraction of sp³-hybridized carbons (Fsp3) is 0.136. The lowest BCUT2D eigenvalue weighted by molar-refractivity contribution is -0.117. The monoisotopic (exact) mass is 354 g/mol. The lowest BCUT2D eigenvalue weighted by Gasteiger charge is -2.16. The summed E-state index contributed by atoms with van der Waals surface area (Å²) in [4.78, 5) is 22.6. The Morgan fingerprint density at radius 3 is 2.63 bits per heavy atom. The van der Waals surface area contributed by atoms with Crippen molar-refractivity contribution in [2.45, 2.75) is 12.8 Å². The van der Waals surface area contributed by atoms with Crippen molar-refractivity contribution < 1.29 is 4.79 Å². The van der Waals surface area contributed by atoms with Crippen LogP contribution in [0.4, 0.5) is 5.69 Å². The fourth-order valence-corrected chi connectivity index (χ4v) is 3.66. The van der Waals surface area contributed by atoms with E-state index in [2.05, 4.69) is 38.8 Å². The number of fused-ring (bicyclic) bond motifs is 1. The maximum Gasteiger partial charge on any atom is 0.227 e. The van der Waals surface area contributed by atoms with Crippen molar-refractivity contribution in [1.82, 2.24) is 14.5 Å². The maximum absolute atomic E-state index is 11.9. The van der Waals surface area contributed by atoms with Gasteiger partial charge >= 0.3 is 0 Å². The van der Waals surface area contributed by atoms with Gasteiger partial charge in [0.15, 0.2) is 0 Å². The van der Waals surface area contributed by atoms with Crippen LogP contribution in [0.3, 0.4) is 0 Å².